The second-order valence-corrected chi connectivity index (χ2v) is 7.09. The maximum absolute atomic E-state index is 12.1. The van der Waals surface area contributed by atoms with Crippen molar-refractivity contribution in [3.63, 3.8) is 0 Å². The Morgan fingerprint density at radius 2 is 2.12 bits per heavy atom. The van der Waals surface area contributed by atoms with E-state index in [2.05, 4.69) is 4.98 Å². The highest BCUT2D eigenvalue weighted by Crippen LogP contribution is 2.26. The predicted molar refractivity (Wildman–Crippen MR) is 90.8 cm³/mol. The number of ether oxygens (including phenoxy) is 1. The number of nitrogens with zero attached hydrogens (tertiary/aromatic N) is 1. The van der Waals surface area contributed by atoms with Crippen molar-refractivity contribution in [1.82, 2.24) is 4.98 Å². The van der Waals surface area contributed by atoms with Crippen LogP contribution in [0.15, 0.2) is 21.9 Å². The fourth-order valence-electron chi connectivity index (χ4n) is 2.98. The highest BCUT2D eigenvalue weighted by molar-refractivity contribution is 7.13. The van der Waals surface area contributed by atoms with Gasteiger partial charge in [0.2, 0.25) is 5.89 Å². The van der Waals surface area contributed by atoms with E-state index in [0.717, 1.165) is 30.6 Å². The minimum Gasteiger partial charge on any atom is -0.457 e. The quantitative estimate of drug-likeness (QED) is 0.740. The van der Waals surface area contributed by atoms with Crippen LogP contribution < -0.4 is 0 Å². The number of aryl methyl sites for hydroxylation is 1. The van der Waals surface area contributed by atoms with Crippen molar-refractivity contribution in [2.45, 2.75) is 45.4 Å². The van der Waals surface area contributed by atoms with Crippen LogP contribution in [0.2, 0.25) is 0 Å². The number of carbonyl (C=O) groups is 2. The fourth-order valence-corrected chi connectivity index (χ4v) is 3.63. The minimum atomic E-state index is -0.437. The first-order chi connectivity index (χ1) is 11.6. The van der Waals surface area contributed by atoms with E-state index in [-0.39, 0.29) is 24.7 Å². The molecule has 2 aromatic rings. The first kappa shape index (κ1) is 16.9. The number of hydrogen-bond donors (Lipinski definition) is 0. The van der Waals surface area contributed by atoms with Crippen LogP contribution in [0.3, 0.4) is 0 Å². The summed E-state index contributed by atoms with van der Waals surface area (Å²) in [5.41, 5.74) is 0.563. The Balaban J connectivity index is 1.52. The van der Waals surface area contributed by atoms with E-state index in [1.165, 1.54) is 17.8 Å². The Bertz CT molecular complexity index is 699. The number of ketones is 1. The molecule has 1 aliphatic rings. The van der Waals surface area contributed by atoms with Crippen LogP contribution >= 0.6 is 11.3 Å². The van der Waals surface area contributed by atoms with E-state index in [1.54, 1.807) is 6.92 Å². The molecule has 6 heteroatoms. The van der Waals surface area contributed by atoms with Gasteiger partial charge in [-0.25, -0.2) is 4.98 Å². The van der Waals surface area contributed by atoms with Crippen LogP contribution in [0.25, 0.3) is 10.8 Å². The van der Waals surface area contributed by atoms with Gasteiger partial charge >= 0.3 is 5.97 Å². The van der Waals surface area contributed by atoms with Crippen LogP contribution in [0.5, 0.6) is 0 Å². The largest absolute Gasteiger partial charge is 0.457 e. The van der Waals surface area contributed by atoms with Crippen molar-refractivity contribution in [2.24, 2.45) is 5.92 Å². The molecule has 3 rings (SSSR count). The molecule has 0 N–H and O–H groups in total. The third-order valence-electron chi connectivity index (χ3n) is 4.37. The zero-order chi connectivity index (χ0) is 16.9. The van der Waals surface area contributed by atoms with E-state index >= 15 is 0 Å². The average Bonchev–Trinajstić information content (AvgIpc) is 3.24. The summed E-state index contributed by atoms with van der Waals surface area (Å²) in [6.45, 7) is 1.65. The standard InChI is InChI=1S/C18H21NO4S/c1-12-14(19-18(23-12)16-8-5-9-24-16)10-17(21)22-11-15(20)13-6-3-2-4-7-13/h5,8-9,13H,2-4,6-7,10-11H2,1H3. The molecule has 2 heterocycles. The molecule has 0 atom stereocenters. The van der Waals surface area contributed by atoms with E-state index in [1.807, 2.05) is 17.5 Å². The summed E-state index contributed by atoms with van der Waals surface area (Å²) < 4.78 is 10.8. The van der Waals surface area contributed by atoms with Crippen LogP contribution in [0.4, 0.5) is 0 Å². The molecule has 0 aliphatic heterocycles. The summed E-state index contributed by atoms with van der Waals surface area (Å²) in [5, 5.41) is 1.94. The van der Waals surface area contributed by atoms with Gasteiger partial charge < -0.3 is 9.15 Å². The van der Waals surface area contributed by atoms with Crippen molar-refractivity contribution in [2.75, 3.05) is 6.61 Å². The first-order valence-corrected chi connectivity index (χ1v) is 9.20. The smallest absolute Gasteiger partial charge is 0.312 e. The number of oxazole rings is 1. The highest BCUT2D eigenvalue weighted by Gasteiger charge is 2.23. The van der Waals surface area contributed by atoms with Crippen LogP contribution in [-0.4, -0.2) is 23.3 Å². The maximum atomic E-state index is 12.1. The lowest BCUT2D eigenvalue weighted by atomic mass is 9.86. The third kappa shape index (κ3) is 4.12. The van der Waals surface area contributed by atoms with Gasteiger partial charge in [-0.3, -0.25) is 9.59 Å². The Morgan fingerprint density at radius 1 is 1.33 bits per heavy atom. The van der Waals surface area contributed by atoms with Gasteiger partial charge in [-0.05, 0) is 31.2 Å². The number of carbonyl (C=O) groups excluding carboxylic acids is 2. The van der Waals surface area contributed by atoms with Gasteiger partial charge in [-0.1, -0.05) is 25.3 Å². The lowest BCUT2D eigenvalue weighted by molar-refractivity contribution is -0.148. The summed E-state index contributed by atoms with van der Waals surface area (Å²) in [4.78, 5) is 29.4. The molecule has 24 heavy (non-hydrogen) atoms. The van der Waals surface area contributed by atoms with E-state index < -0.39 is 5.97 Å². The summed E-state index contributed by atoms with van der Waals surface area (Å²) in [5.74, 6) is 0.788. The Kier molecular flexibility index (Phi) is 5.45. The lowest BCUT2D eigenvalue weighted by Gasteiger charge is -2.19. The molecule has 1 fully saturated rings. The van der Waals surface area contributed by atoms with Gasteiger partial charge in [0.05, 0.1) is 17.0 Å². The summed E-state index contributed by atoms with van der Waals surface area (Å²) >= 11 is 1.53. The number of Topliss-reactive ketones (excluding diaryl/α,β-unsaturated/α-hetero) is 1. The molecule has 1 aliphatic carbocycles. The van der Waals surface area contributed by atoms with Gasteiger partial charge in [0.25, 0.3) is 0 Å². The number of esters is 1. The van der Waals surface area contributed by atoms with Gasteiger partial charge in [0, 0.05) is 5.92 Å². The highest BCUT2D eigenvalue weighted by atomic mass is 32.1. The molecule has 128 valence electrons. The molecular weight excluding hydrogens is 326 g/mol. The minimum absolute atomic E-state index is 0.0264. The van der Waals surface area contributed by atoms with Crippen LogP contribution in [0, 0.1) is 12.8 Å². The van der Waals surface area contributed by atoms with Crippen molar-refractivity contribution in [3.8, 4) is 10.8 Å². The molecule has 0 bridgehead atoms. The molecule has 0 spiro atoms. The molecular formula is C18H21NO4S. The van der Waals surface area contributed by atoms with Crippen molar-refractivity contribution in [1.29, 1.82) is 0 Å². The van der Waals surface area contributed by atoms with Crippen molar-refractivity contribution >= 4 is 23.1 Å². The molecule has 0 saturated heterocycles. The maximum Gasteiger partial charge on any atom is 0.312 e. The molecule has 2 aromatic heterocycles. The summed E-state index contributed by atoms with van der Waals surface area (Å²) in [7, 11) is 0. The van der Waals surface area contributed by atoms with Crippen LogP contribution in [-0.2, 0) is 20.7 Å². The first-order valence-electron chi connectivity index (χ1n) is 8.32. The van der Waals surface area contributed by atoms with E-state index in [4.69, 9.17) is 9.15 Å². The van der Waals surface area contributed by atoms with Gasteiger partial charge in [-0.15, -0.1) is 11.3 Å². The lowest BCUT2D eigenvalue weighted by Crippen LogP contribution is -2.24. The second kappa shape index (κ2) is 7.75. The Hall–Kier alpha value is -1.95. The monoisotopic (exact) mass is 347 g/mol. The molecule has 0 amide bonds. The topological polar surface area (TPSA) is 69.4 Å². The van der Waals surface area contributed by atoms with Crippen molar-refractivity contribution in [3.05, 3.63) is 29.0 Å². The van der Waals surface area contributed by atoms with Crippen LogP contribution in [0.1, 0.15) is 43.6 Å². The molecule has 0 radical (unpaired) electrons. The number of hydrogen-bond acceptors (Lipinski definition) is 6. The predicted octanol–water partition coefficient (Wildman–Crippen LogP) is 3.95. The summed E-state index contributed by atoms with van der Waals surface area (Å²) in [6.07, 6.45) is 5.24. The SMILES string of the molecule is Cc1oc(-c2cccs2)nc1CC(=O)OCC(=O)C1CCCCC1. The zero-order valence-corrected chi connectivity index (χ0v) is 14.6. The van der Waals surface area contributed by atoms with Gasteiger partial charge in [-0.2, -0.15) is 0 Å². The molecule has 0 aromatic carbocycles. The molecule has 0 unspecified atom stereocenters. The van der Waals surface area contributed by atoms with E-state index in [9.17, 15) is 9.59 Å². The van der Waals surface area contributed by atoms with Gasteiger partial charge in [0.1, 0.15) is 12.4 Å². The van der Waals surface area contributed by atoms with Crippen molar-refractivity contribution < 1.29 is 18.7 Å². The number of thiophene rings is 1. The summed E-state index contributed by atoms with van der Waals surface area (Å²) in [6, 6.07) is 3.84. The zero-order valence-electron chi connectivity index (χ0n) is 13.7. The Morgan fingerprint density at radius 3 is 2.83 bits per heavy atom. The number of aromatic nitrogens is 1. The van der Waals surface area contributed by atoms with Gasteiger partial charge in [0.15, 0.2) is 5.78 Å². The normalized spacial score (nSPS) is 15.4. The molecule has 5 nitrogen and oxygen atoms in total. The third-order valence-corrected chi connectivity index (χ3v) is 5.23. The second-order valence-electron chi connectivity index (χ2n) is 6.14. The van der Waals surface area contributed by atoms with E-state index in [0.29, 0.717) is 17.3 Å². The Labute approximate surface area is 145 Å². The molecule has 1 saturated carbocycles. The fraction of sp³-hybridized carbons (Fsp3) is 0.500. The number of rotatable bonds is 6. The average molecular weight is 347 g/mol.